The third kappa shape index (κ3) is 3.73. The van der Waals surface area contributed by atoms with Crippen LogP contribution in [0.25, 0.3) is 0 Å². The first-order valence-corrected chi connectivity index (χ1v) is 10.8. The predicted molar refractivity (Wildman–Crippen MR) is 125 cm³/mol. The zero-order valence-corrected chi connectivity index (χ0v) is 18.9. The van der Waals surface area contributed by atoms with Crippen molar-refractivity contribution in [2.45, 2.75) is 12.1 Å². The van der Waals surface area contributed by atoms with Gasteiger partial charge < -0.3 is 9.47 Å². The second kappa shape index (κ2) is 8.73. The number of ether oxygens (including phenoxy) is 2. The summed E-state index contributed by atoms with van der Waals surface area (Å²) in [6, 6.07) is 19.0. The SMILES string of the molecule is COc1ccc([C@@H]2[C@H]3C(=O)N(c4ccc([N+](=O)[O-])cc4)C(=O)[C@@H]3ON2c2ccc(OC)cc2)cc1. The Morgan fingerprint density at radius 1 is 0.800 bits per heavy atom. The number of imide groups is 1. The maximum atomic E-state index is 13.6. The molecule has 0 unspecified atom stereocenters. The van der Waals surface area contributed by atoms with Crippen LogP contribution in [0, 0.1) is 16.0 Å². The van der Waals surface area contributed by atoms with Crippen molar-refractivity contribution >= 4 is 28.9 Å². The smallest absolute Gasteiger partial charge is 0.269 e. The molecule has 0 spiro atoms. The van der Waals surface area contributed by atoms with Crippen molar-refractivity contribution in [3.63, 3.8) is 0 Å². The van der Waals surface area contributed by atoms with Crippen LogP contribution in [0.2, 0.25) is 0 Å². The number of nitrogens with zero attached hydrogens (tertiary/aromatic N) is 3. The topological polar surface area (TPSA) is 111 Å². The molecule has 3 aromatic carbocycles. The number of carbonyl (C=O) groups is 2. The van der Waals surface area contributed by atoms with Crippen LogP contribution in [0.15, 0.2) is 72.8 Å². The number of non-ortho nitro benzene ring substituents is 1. The molecule has 2 amide bonds. The summed E-state index contributed by atoms with van der Waals surface area (Å²) >= 11 is 0. The Balaban J connectivity index is 1.54. The molecule has 0 aromatic heterocycles. The average molecular weight is 475 g/mol. The van der Waals surface area contributed by atoms with Gasteiger partial charge in [0.2, 0.25) is 5.91 Å². The molecule has 5 rings (SSSR count). The maximum absolute atomic E-state index is 13.6. The molecule has 3 aromatic rings. The summed E-state index contributed by atoms with van der Waals surface area (Å²) in [6.07, 6.45) is -1.05. The Labute approximate surface area is 200 Å². The van der Waals surface area contributed by atoms with Gasteiger partial charge in [-0.25, -0.2) is 9.96 Å². The first-order valence-electron chi connectivity index (χ1n) is 10.8. The quantitative estimate of drug-likeness (QED) is 0.302. The van der Waals surface area contributed by atoms with Crippen LogP contribution in [-0.4, -0.2) is 37.1 Å². The van der Waals surface area contributed by atoms with Crippen LogP contribution < -0.4 is 19.4 Å². The highest BCUT2D eigenvalue weighted by molar-refractivity contribution is 6.24. The van der Waals surface area contributed by atoms with Crippen molar-refractivity contribution in [1.29, 1.82) is 0 Å². The Bertz CT molecular complexity index is 1280. The van der Waals surface area contributed by atoms with Gasteiger partial charge in [0.05, 0.1) is 36.6 Å². The highest BCUT2D eigenvalue weighted by atomic mass is 16.7. The number of nitro benzene ring substituents is 1. The van der Waals surface area contributed by atoms with E-state index in [4.69, 9.17) is 14.3 Å². The molecule has 2 saturated heterocycles. The number of methoxy groups -OCH3 is 2. The van der Waals surface area contributed by atoms with E-state index in [1.54, 1.807) is 55.7 Å². The van der Waals surface area contributed by atoms with Gasteiger partial charge in [0.1, 0.15) is 17.4 Å². The number of fused-ring (bicyclic) bond motifs is 1. The van der Waals surface area contributed by atoms with Crippen molar-refractivity contribution in [3.05, 3.63) is 88.5 Å². The van der Waals surface area contributed by atoms with E-state index < -0.39 is 34.8 Å². The Morgan fingerprint density at radius 3 is 1.89 bits per heavy atom. The second-order valence-corrected chi connectivity index (χ2v) is 8.08. The third-order valence-corrected chi connectivity index (χ3v) is 6.22. The van der Waals surface area contributed by atoms with E-state index in [0.29, 0.717) is 17.2 Å². The predicted octanol–water partition coefficient (Wildman–Crippen LogP) is 3.66. The fourth-order valence-electron chi connectivity index (χ4n) is 4.49. The molecule has 35 heavy (non-hydrogen) atoms. The maximum Gasteiger partial charge on any atom is 0.269 e. The average Bonchev–Trinajstić information content (AvgIpc) is 3.40. The number of carbonyl (C=O) groups excluding carboxylic acids is 2. The fraction of sp³-hybridized carbons (Fsp3) is 0.200. The molecule has 2 aliphatic heterocycles. The van der Waals surface area contributed by atoms with Crippen molar-refractivity contribution in [3.8, 4) is 11.5 Å². The van der Waals surface area contributed by atoms with Crippen molar-refractivity contribution in [1.82, 2.24) is 0 Å². The molecule has 2 aliphatic rings. The lowest BCUT2D eigenvalue weighted by Gasteiger charge is -2.29. The number of benzene rings is 3. The van der Waals surface area contributed by atoms with E-state index in [1.165, 1.54) is 24.3 Å². The number of hydrogen-bond acceptors (Lipinski definition) is 8. The lowest BCUT2D eigenvalue weighted by molar-refractivity contribution is -0.384. The zero-order chi connectivity index (χ0) is 24.7. The number of anilines is 2. The molecular weight excluding hydrogens is 454 g/mol. The summed E-state index contributed by atoms with van der Waals surface area (Å²) in [7, 11) is 3.13. The highest BCUT2D eigenvalue weighted by Gasteiger charge is 2.60. The Morgan fingerprint density at radius 2 is 1.34 bits per heavy atom. The van der Waals surface area contributed by atoms with Gasteiger partial charge >= 0.3 is 0 Å². The van der Waals surface area contributed by atoms with Crippen molar-refractivity contribution in [2.24, 2.45) is 5.92 Å². The molecule has 2 heterocycles. The number of hydrogen-bond donors (Lipinski definition) is 0. The minimum absolute atomic E-state index is 0.133. The first kappa shape index (κ1) is 22.4. The monoisotopic (exact) mass is 475 g/mol. The fourth-order valence-corrected chi connectivity index (χ4v) is 4.49. The molecular formula is C25H21N3O7. The molecule has 0 bridgehead atoms. The highest BCUT2D eigenvalue weighted by Crippen LogP contribution is 2.48. The number of rotatable bonds is 6. The van der Waals surface area contributed by atoms with Gasteiger partial charge in [0.25, 0.3) is 11.6 Å². The van der Waals surface area contributed by atoms with Crippen LogP contribution >= 0.6 is 0 Å². The van der Waals surface area contributed by atoms with Crippen LogP contribution in [0.5, 0.6) is 11.5 Å². The molecule has 178 valence electrons. The summed E-state index contributed by atoms with van der Waals surface area (Å²) in [5.41, 5.74) is 1.54. The molecule has 10 heteroatoms. The van der Waals surface area contributed by atoms with Gasteiger partial charge in [0, 0.05) is 12.1 Å². The van der Waals surface area contributed by atoms with Crippen LogP contribution in [0.3, 0.4) is 0 Å². The number of amides is 2. The summed E-state index contributed by atoms with van der Waals surface area (Å²) < 4.78 is 10.5. The van der Waals surface area contributed by atoms with Gasteiger partial charge in [0.15, 0.2) is 6.10 Å². The van der Waals surface area contributed by atoms with Crippen LogP contribution in [0.4, 0.5) is 17.1 Å². The summed E-state index contributed by atoms with van der Waals surface area (Å²) in [5.74, 6) is -0.477. The van der Waals surface area contributed by atoms with Crippen molar-refractivity contribution in [2.75, 3.05) is 24.2 Å². The van der Waals surface area contributed by atoms with Gasteiger partial charge in [-0.2, -0.15) is 0 Å². The molecule has 0 radical (unpaired) electrons. The lowest BCUT2D eigenvalue weighted by atomic mass is 9.90. The number of hydroxylamine groups is 1. The summed E-state index contributed by atoms with van der Waals surface area (Å²) in [6.45, 7) is 0. The standard InChI is InChI=1S/C25H21N3O7/c1-33-19-11-3-15(4-12-19)22-21-23(35-27(22)17-9-13-20(34-2)14-10-17)25(30)26(24(21)29)16-5-7-18(8-6-16)28(31)32/h3-14,21-23H,1-2H3/t21-,22-,23-/m1/s1. The normalized spacial score (nSPS) is 21.3. The minimum Gasteiger partial charge on any atom is -0.497 e. The van der Waals surface area contributed by atoms with Gasteiger partial charge in [-0.3, -0.25) is 24.5 Å². The first-order chi connectivity index (χ1) is 16.9. The second-order valence-electron chi connectivity index (χ2n) is 8.08. The third-order valence-electron chi connectivity index (χ3n) is 6.22. The Kier molecular flexibility index (Phi) is 5.58. The number of nitro groups is 1. The summed E-state index contributed by atoms with van der Waals surface area (Å²) in [4.78, 5) is 44.6. The molecule has 0 saturated carbocycles. The largest absolute Gasteiger partial charge is 0.497 e. The van der Waals surface area contributed by atoms with E-state index >= 15 is 0 Å². The van der Waals surface area contributed by atoms with Gasteiger partial charge in [-0.15, -0.1) is 0 Å². The Hall–Kier alpha value is -4.44. The lowest BCUT2D eigenvalue weighted by Crippen LogP contribution is -2.37. The summed E-state index contributed by atoms with van der Waals surface area (Å²) in [5, 5.41) is 12.6. The van der Waals surface area contributed by atoms with Crippen LogP contribution in [0.1, 0.15) is 11.6 Å². The van der Waals surface area contributed by atoms with E-state index in [1.807, 2.05) is 12.1 Å². The molecule has 0 aliphatic carbocycles. The molecule has 2 fully saturated rings. The molecule has 3 atom stereocenters. The minimum atomic E-state index is -1.05. The van der Waals surface area contributed by atoms with Crippen LogP contribution in [-0.2, 0) is 14.4 Å². The van der Waals surface area contributed by atoms with E-state index in [0.717, 1.165) is 10.5 Å². The van der Waals surface area contributed by atoms with E-state index in [2.05, 4.69) is 0 Å². The van der Waals surface area contributed by atoms with E-state index in [9.17, 15) is 19.7 Å². The molecule has 0 N–H and O–H groups in total. The van der Waals surface area contributed by atoms with Crippen molar-refractivity contribution < 1.29 is 28.8 Å². The molecule has 10 nitrogen and oxygen atoms in total. The van der Waals surface area contributed by atoms with E-state index in [-0.39, 0.29) is 11.4 Å². The van der Waals surface area contributed by atoms with Gasteiger partial charge in [-0.1, -0.05) is 12.1 Å². The zero-order valence-electron chi connectivity index (χ0n) is 18.9. The van der Waals surface area contributed by atoms with Gasteiger partial charge in [-0.05, 0) is 54.1 Å².